The second kappa shape index (κ2) is 9.08. The quantitative estimate of drug-likeness (QED) is 0.555. The summed E-state index contributed by atoms with van der Waals surface area (Å²) in [7, 11) is 1.57. The van der Waals surface area contributed by atoms with Crippen LogP contribution in [0.4, 0.5) is 10.5 Å². The highest BCUT2D eigenvalue weighted by Gasteiger charge is 2.09. The number of hydrogen-bond donors (Lipinski definition) is 2. The van der Waals surface area contributed by atoms with Crippen LogP contribution in [0, 0.1) is 6.92 Å². The first-order valence-corrected chi connectivity index (χ1v) is 8.50. The first-order valence-electron chi connectivity index (χ1n) is 7.71. The molecule has 2 aromatic rings. The van der Waals surface area contributed by atoms with Crippen molar-refractivity contribution in [2.45, 2.75) is 13.8 Å². The minimum atomic E-state index is -0.417. The van der Waals surface area contributed by atoms with Crippen molar-refractivity contribution in [3.8, 4) is 11.5 Å². The van der Waals surface area contributed by atoms with Gasteiger partial charge in [0.1, 0.15) is 0 Å². The van der Waals surface area contributed by atoms with Gasteiger partial charge in [-0.15, -0.1) is 0 Å². The maximum atomic E-state index is 11.9. The third-order valence-electron chi connectivity index (χ3n) is 3.35. The SMILES string of the molecule is CCOc1cc(Br)c(C=NNC(=O)Nc2ccccc2C)cc1OC. The van der Waals surface area contributed by atoms with Crippen LogP contribution in [-0.4, -0.2) is 26.0 Å². The van der Waals surface area contributed by atoms with Crippen LogP contribution in [-0.2, 0) is 0 Å². The Bertz CT molecular complexity index is 778. The molecule has 132 valence electrons. The molecule has 0 aromatic heterocycles. The van der Waals surface area contributed by atoms with E-state index in [1.807, 2.05) is 38.1 Å². The summed E-state index contributed by atoms with van der Waals surface area (Å²) in [6, 6.07) is 10.7. The van der Waals surface area contributed by atoms with E-state index in [0.717, 1.165) is 21.3 Å². The number of nitrogens with one attached hydrogen (secondary N) is 2. The van der Waals surface area contributed by atoms with Gasteiger partial charge < -0.3 is 14.8 Å². The molecule has 0 aliphatic heterocycles. The maximum absolute atomic E-state index is 11.9. The Balaban J connectivity index is 2.04. The van der Waals surface area contributed by atoms with Gasteiger partial charge >= 0.3 is 6.03 Å². The number of urea groups is 1. The first-order chi connectivity index (χ1) is 12.0. The van der Waals surface area contributed by atoms with E-state index in [-0.39, 0.29) is 0 Å². The van der Waals surface area contributed by atoms with Crippen LogP contribution in [0.3, 0.4) is 0 Å². The van der Waals surface area contributed by atoms with Gasteiger partial charge in [0.25, 0.3) is 0 Å². The van der Waals surface area contributed by atoms with Gasteiger partial charge in [0.2, 0.25) is 0 Å². The molecule has 2 rings (SSSR count). The Kier molecular flexibility index (Phi) is 6.82. The van der Waals surface area contributed by atoms with Crippen molar-refractivity contribution in [3.05, 3.63) is 52.0 Å². The summed E-state index contributed by atoms with van der Waals surface area (Å²) in [6.45, 7) is 4.36. The lowest BCUT2D eigenvalue weighted by atomic mass is 10.2. The molecule has 0 unspecified atom stereocenters. The third kappa shape index (κ3) is 5.22. The van der Waals surface area contributed by atoms with Gasteiger partial charge in [0.15, 0.2) is 11.5 Å². The number of ether oxygens (including phenoxy) is 2. The van der Waals surface area contributed by atoms with E-state index in [9.17, 15) is 4.79 Å². The van der Waals surface area contributed by atoms with Gasteiger partial charge in [-0.2, -0.15) is 5.10 Å². The Morgan fingerprint density at radius 1 is 1.28 bits per heavy atom. The largest absolute Gasteiger partial charge is 0.493 e. The van der Waals surface area contributed by atoms with Crippen LogP contribution in [0.1, 0.15) is 18.1 Å². The average molecular weight is 406 g/mol. The Morgan fingerprint density at radius 2 is 2.04 bits per heavy atom. The number of para-hydroxylation sites is 1. The fraction of sp³-hybridized carbons (Fsp3) is 0.222. The number of benzene rings is 2. The minimum Gasteiger partial charge on any atom is -0.493 e. The lowest BCUT2D eigenvalue weighted by Gasteiger charge is -2.11. The van der Waals surface area contributed by atoms with Gasteiger partial charge in [-0.25, -0.2) is 10.2 Å². The topological polar surface area (TPSA) is 72.0 Å². The van der Waals surface area contributed by atoms with Crippen molar-refractivity contribution >= 4 is 33.9 Å². The number of aryl methyl sites for hydroxylation is 1. The normalized spacial score (nSPS) is 10.6. The highest BCUT2D eigenvalue weighted by atomic mass is 79.9. The van der Waals surface area contributed by atoms with Crippen molar-refractivity contribution in [3.63, 3.8) is 0 Å². The predicted octanol–water partition coefficient (Wildman–Crippen LogP) is 4.32. The number of hydrogen-bond acceptors (Lipinski definition) is 4. The van der Waals surface area contributed by atoms with Crippen molar-refractivity contribution in [1.82, 2.24) is 5.43 Å². The molecule has 2 amide bonds. The molecule has 0 heterocycles. The summed E-state index contributed by atoms with van der Waals surface area (Å²) in [5.74, 6) is 1.23. The number of methoxy groups -OCH3 is 1. The first kappa shape index (κ1) is 18.8. The number of hydrazone groups is 1. The van der Waals surface area contributed by atoms with Crippen LogP contribution in [0.15, 0.2) is 46.0 Å². The second-order valence-corrected chi connectivity index (χ2v) is 5.95. The number of nitrogens with zero attached hydrogens (tertiary/aromatic N) is 1. The molecular formula is C18H20BrN3O3. The van der Waals surface area contributed by atoms with Crippen LogP contribution in [0.25, 0.3) is 0 Å². The van der Waals surface area contributed by atoms with E-state index in [0.29, 0.717) is 18.1 Å². The van der Waals surface area contributed by atoms with Crippen molar-refractivity contribution in [2.24, 2.45) is 5.10 Å². The summed E-state index contributed by atoms with van der Waals surface area (Å²) in [4.78, 5) is 11.9. The van der Waals surface area contributed by atoms with E-state index in [2.05, 4.69) is 31.8 Å². The van der Waals surface area contributed by atoms with Crippen LogP contribution in [0.5, 0.6) is 11.5 Å². The Labute approximate surface area is 155 Å². The van der Waals surface area contributed by atoms with Gasteiger partial charge in [0, 0.05) is 15.7 Å². The smallest absolute Gasteiger partial charge is 0.339 e. The minimum absolute atomic E-state index is 0.417. The highest BCUT2D eigenvalue weighted by molar-refractivity contribution is 9.10. The number of rotatable bonds is 6. The molecule has 0 saturated heterocycles. The Morgan fingerprint density at radius 3 is 2.72 bits per heavy atom. The number of carbonyl (C=O) groups is 1. The fourth-order valence-electron chi connectivity index (χ4n) is 2.10. The molecule has 0 bridgehead atoms. The molecule has 0 fully saturated rings. The van der Waals surface area contributed by atoms with E-state index in [4.69, 9.17) is 9.47 Å². The molecule has 2 aromatic carbocycles. The van der Waals surface area contributed by atoms with Crippen molar-refractivity contribution in [1.29, 1.82) is 0 Å². The summed E-state index contributed by atoms with van der Waals surface area (Å²) < 4.78 is 11.6. The van der Waals surface area contributed by atoms with Gasteiger partial charge in [-0.1, -0.05) is 18.2 Å². The molecule has 0 saturated carbocycles. The summed E-state index contributed by atoms with van der Waals surface area (Å²) in [5, 5.41) is 6.71. The molecule has 7 heteroatoms. The molecule has 0 spiro atoms. The van der Waals surface area contributed by atoms with Crippen molar-refractivity contribution < 1.29 is 14.3 Å². The molecule has 0 aliphatic rings. The van der Waals surface area contributed by atoms with E-state index in [1.54, 1.807) is 19.2 Å². The van der Waals surface area contributed by atoms with Crippen LogP contribution >= 0.6 is 15.9 Å². The third-order valence-corrected chi connectivity index (χ3v) is 4.03. The summed E-state index contributed by atoms with van der Waals surface area (Å²) >= 11 is 3.46. The Hall–Kier alpha value is -2.54. The van der Waals surface area contributed by atoms with Gasteiger partial charge in [-0.05, 0) is 53.5 Å². The molecule has 0 atom stereocenters. The zero-order valence-corrected chi connectivity index (χ0v) is 15.9. The van der Waals surface area contributed by atoms with Crippen molar-refractivity contribution in [2.75, 3.05) is 19.0 Å². The van der Waals surface area contributed by atoms with Gasteiger partial charge in [-0.3, -0.25) is 0 Å². The van der Waals surface area contributed by atoms with E-state index in [1.165, 1.54) is 6.21 Å². The van der Waals surface area contributed by atoms with Crippen LogP contribution in [0.2, 0.25) is 0 Å². The molecular weight excluding hydrogens is 386 g/mol. The zero-order chi connectivity index (χ0) is 18.2. The monoisotopic (exact) mass is 405 g/mol. The van der Waals surface area contributed by atoms with E-state index < -0.39 is 6.03 Å². The molecule has 0 aliphatic carbocycles. The lowest BCUT2D eigenvalue weighted by Crippen LogP contribution is -2.24. The van der Waals surface area contributed by atoms with Crippen LogP contribution < -0.4 is 20.2 Å². The highest BCUT2D eigenvalue weighted by Crippen LogP contribution is 2.32. The molecule has 25 heavy (non-hydrogen) atoms. The molecule has 0 radical (unpaired) electrons. The fourth-order valence-corrected chi connectivity index (χ4v) is 2.53. The molecule has 2 N–H and O–H groups in total. The second-order valence-electron chi connectivity index (χ2n) is 5.10. The maximum Gasteiger partial charge on any atom is 0.339 e. The lowest BCUT2D eigenvalue weighted by molar-refractivity contribution is 0.252. The summed E-state index contributed by atoms with van der Waals surface area (Å²) in [6.07, 6.45) is 1.53. The number of anilines is 1. The van der Waals surface area contributed by atoms with Gasteiger partial charge in [0.05, 0.1) is 19.9 Å². The number of carbonyl (C=O) groups excluding carboxylic acids is 1. The molecule has 6 nitrogen and oxygen atoms in total. The average Bonchev–Trinajstić information content (AvgIpc) is 2.59. The number of halogens is 1. The zero-order valence-electron chi connectivity index (χ0n) is 14.3. The number of amides is 2. The van der Waals surface area contributed by atoms with E-state index >= 15 is 0 Å². The summed E-state index contributed by atoms with van der Waals surface area (Å²) in [5.41, 5.74) is 4.89. The standard InChI is InChI=1S/C18H20BrN3O3/c1-4-25-17-10-14(19)13(9-16(17)24-3)11-20-22-18(23)21-15-8-6-5-7-12(15)2/h5-11H,4H2,1-3H3,(H2,21,22,23). The predicted molar refractivity (Wildman–Crippen MR) is 103 cm³/mol.